The number of aryl methyl sites for hydroxylation is 1. The van der Waals surface area contributed by atoms with Crippen LogP contribution in [0.3, 0.4) is 0 Å². The second-order valence-corrected chi connectivity index (χ2v) is 11.4. The number of nitrogens with zero attached hydrogens (tertiary/aromatic N) is 1. The maximum atomic E-state index is 12.9. The van der Waals surface area contributed by atoms with Crippen LogP contribution in [-0.4, -0.2) is 66.5 Å². The Morgan fingerprint density at radius 2 is 1.93 bits per heavy atom. The first-order valence-corrected chi connectivity index (χ1v) is 15.0. The highest BCUT2D eigenvalue weighted by Gasteiger charge is 2.43. The number of rotatable bonds is 11. The Bertz CT molecular complexity index is 1130. The van der Waals surface area contributed by atoms with Crippen LogP contribution in [0.2, 0.25) is 0 Å². The first-order chi connectivity index (χ1) is 19.5. The predicted molar refractivity (Wildman–Crippen MR) is 158 cm³/mol. The molecule has 0 radical (unpaired) electrons. The third-order valence-corrected chi connectivity index (χ3v) is 8.49. The molecule has 40 heavy (non-hydrogen) atoms. The minimum absolute atomic E-state index is 0.0843. The lowest BCUT2D eigenvalue weighted by Crippen LogP contribution is -2.55. The van der Waals surface area contributed by atoms with E-state index in [1.165, 1.54) is 24.0 Å². The van der Waals surface area contributed by atoms with E-state index in [1.807, 2.05) is 36.5 Å². The molecule has 2 aliphatic heterocycles. The van der Waals surface area contributed by atoms with E-state index in [9.17, 15) is 9.90 Å². The fourth-order valence-corrected chi connectivity index (χ4v) is 6.14. The first kappa shape index (κ1) is 28.6. The molecule has 2 aromatic carbocycles. The van der Waals surface area contributed by atoms with Crippen molar-refractivity contribution in [1.29, 1.82) is 0 Å². The zero-order chi connectivity index (χ0) is 27.8. The number of carbonyl (C=O) groups excluding carboxylic acids is 1. The molecule has 5 rings (SSSR count). The van der Waals surface area contributed by atoms with Crippen LogP contribution in [0.4, 0.5) is 0 Å². The summed E-state index contributed by atoms with van der Waals surface area (Å²) in [5.41, 5.74) is 3.41. The van der Waals surface area contributed by atoms with Crippen molar-refractivity contribution in [2.24, 2.45) is 0 Å². The van der Waals surface area contributed by atoms with Crippen LogP contribution in [0.15, 0.2) is 60.8 Å². The number of fused-ring (bicyclic) bond motifs is 1. The number of carbonyl (C=O) groups is 1. The maximum absolute atomic E-state index is 12.9. The maximum Gasteiger partial charge on any atom is 0.246 e. The van der Waals surface area contributed by atoms with Gasteiger partial charge in [-0.3, -0.25) is 10.1 Å². The van der Waals surface area contributed by atoms with E-state index in [1.54, 1.807) is 6.08 Å². The van der Waals surface area contributed by atoms with Gasteiger partial charge in [-0.1, -0.05) is 49.4 Å². The molecule has 1 saturated carbocycles. The van der Waals surface area contributed by atoms with Gasteiger partial charge in [0, 0.05) is 69.6 Å². The van der Waals surface area contributed by atoms with Gasteiger partial charge in [-0.15, -0.1) is 0 Å². The lowest BCUT2D eigenvalue weighted by Gasteiger charge is -2.41. The molecule has 0 unspecified atom stereocenters. The third kappa shape index (κ3) is 7.43. The summed E-state index contributed by atoms with van der Waals surface area (Å²) in [7, 11) is 0. The van der Waals surface area contributed by atoms with E-state index in [2.05, 4.69) is 51.3 Å². The average molecular weight is 548 g/mol. The molecule has 2 fully saturated rings. The van der Waals surface area contributed by atoms with Crippen molar-refractivity contribution in [3.8, 4) is 5.75 Å². The van der Waals surface area contributed by atoms with Gasteiger partial charge in [0.1, 0.15) is 17.5 Å². The Morgan fingerprint density at radius 3 is 2.67 bits per heavy atom. The predicted octanol–water partition coefficient (Wildman–Crippen LogP) is 2.99. The van der Waals surface area contributed by atoms with Gasteiger partial charge in [-0.05, 0) is 49.3 Å². The molecule has 5 N–H and O–H groups in total. The van der Waals surface area contributed by atoms with E-state index >= 15 is 0 Å². The summed E-state index contributed by atoms with van der Waals surface area (Å²) in [5, 5.41) is 24.7. The fourth-order valence-electron chi connectivity index (χ4n) is 6.14. The van der Waals surface area contributed by atoms with Crippen molar-refractivity contribution in [3.05, 3.63) is 77.5 Å². The molecule has 216 valence electrons. The molecular formula is C32H45N5O3. The van der Waals surface area contributed by atoms with Crippen molar-refractivity contribution in [2.45, 2.75) is 75.9 Å². The van der Waals surface area contributed by atoms with Crippen LogP contribution in [0, 0.1) is 0 Å². The first-order valence-electron chi connectivity index (χ1n) is 15.0. The summed E-state index contributed by atoms with van der Waals surface area (Å²) in [4.78, 5) is 15.0. The number of amides is 1. The summed E-state index contributed by atoms with van der Waals surface area (Å²) in [6.45, 7) is 6.61. The summed E-state index contributed by atoms with van der Waals surface area (Å²) in [6, 6.07) is 16.6. The zero-order valence-corrected chi connectivity index (χ0v) is 23.7. The minimum Gasteiger partial charge on any atom is -0.487 e. The van der Waals surface area contributed by atoms with E-state index < -0.39 is 12.3 Å². The van der Waals surface area contributed by atoms with Gasteiger partial charge in [0.05, 0.1) is 6.10 Å². The van der Waals surface area contributed by atoms with Crippen molar-refractivity contribution in [1.82, 2.24) is 26.2 Å². The number of nitrogens with one attached hydrogen (secondary N) is 4. The highest BCUT2D eigenvalue weighted by Crippen LogP contribution is 2.47. The van der Waals surface area contributed by atoms with Crippen molar-refractivity contribution >= 4 is 5.91 Å². The van der Waals surface area contributed by atoms with Crippen LogP contribution < -0.4 is 26.0 Å². The van der Waals surface area contributed by atoms with Crippen LogP contribution in [0.1, 0.15) is 61.8 Å². The lowest BCUT2D eigenvalue weighted by molar-refractivity contribution is -0.118. The molecule has 1 saturated heterocycles. The van der Waals surface area contributed by atoms with Gasteiger partial charge < -0.3 is 30.7 Å². The standard InChI is InChI=1S/C32H45N5O3/c1-2-24-10-11-29-26(20-24)27(21-32(40-29)13-6-7-14-32)34-23-28(38)31(35-22-25-8-4-3-5-9-25)36-30(39)12-17-37-18-15-33-16-19-37/h3-5,8-12,17,20,27-28,31,33-35,38H,2,6-7,13-16,18-19,21-23H2,1H3,(H,36,39)/b17-12+/t27-,28+,31+/m0/s1. The van der Waals surface area contributed by atoms with Crippen molar-refractivity contribution < 1.29 is 14.6 Å². The normalized spacial score (nSPS) is 21.6. The molecule has 3 aliphatic rings. The molecule has 8 heteroatoms. The van der Waals surface area contributed by atoms with Gasteiger partial charge in [-0.25, -0.2) is 0 Å². The second-order valence-electron chi connectivity index (χ2n) is 11.4. The molecule has 8 nitrogen and oxygen atoms in total. The summed E-state index contributed by atoms with van der Waals surface area (Å²) in [5.74, 6) is 0.736. The Kier molecular flexibility index (Phi) is 9.75. The summed E-state index contributed by atoms with van der Waals surface area (Å²) in [6.07, 6.45) is 8.34. The monoisotopic (exact) mass is 547 g/mol. The number of benzene rings is 2. The Morgan fingerprint density at radius 1 is 1.15 bits per heavy atom. The molecule has 1 aliphatic carbocycles. The second kappa shape index (κ2) is 13.6. The Labute approximate surface area is 238 Å². The minimum atomic E-state index is -0.833. The lowest BCUT2D eigenvalue weighted by atomic mass is 9.85. The van der Waals surface area contributed by atoms with Crippen LogP contribution in [0.5, 0.6) is 5.75 Å². The molecule has 0 bridgehead atoms. The molecule has 3 atom stereocenters. The van der Waals surface area contributed by atoms with E-state index in [4.69, 9.17) is 4.74 Å². The smallest absolute Gasteiger partial charge is 0.246 e. The zero-order valence-electron chi connectivity index (χ0n) is 23.7. The van der Waals surface area contributed by atoms with Crippen molar-refractivity contribution in [3.63, 3.8) is 0 Å². The molecule has 1 amide bonds. The third-order valence-electron chi connectivity index (χ3n) is 8.49. The van der Waals surface area contributed by atoms with Crippen molar-refractivity contribution in [2.75, 3.05) is 32.7 Å². The molecule has 1 spiro atoms. The van der Waals surface area contributed by atoms with Gasteiger partial charge in [0.25, 0.3) is 0 Å². The SMILES string of the molecule is CCc1ccc2c(c1)[C@@H](NC[C@@H](O)[C@H](NCc1ccccc1)NC(=O)/C=C/N1CCNCC1)CC1(CCCC1)O2. The molecule has 0 aromatic heterocycles. The highest BCUT2D eigenvalue weighted by atomic mass is 16.5. The Hall–Kier alpha value is -2.91. The number of aliphatic hydroxyl groups is 1. The Balaban J connectivity index is 1.26. The number of ether oxygens (including phenoxy) is 1. The number of piperazine rings is 1. The van der Waals surface area contributed by atoms with Gasteiger partial charge >= 0.3 is 0 Å². The van der Waals surface area contributed by atoms with Gasteiger partial charge in [0.2, 0.25) is 5.91 Å². The van der Waals surface area contributed by atoms with Crippen LogP contribution in [-0.2, 0) is 17.8 Å². The fraction of sp³-hybridized carbons (Fsp3) is 0.531. The summed E-state index contributed by atoms with van der Waals surface area (Å²) >= 11 is 0. The van der Waals surface area contributed by atoms with Crippen LogP contribution >= 0.6 is 0 Å². The van der Waals surface area contributed by atoms with Gasteiger partial charge in [-0.2, -0.15) is 0 Å². The molecule has 2 heterocycles. The largest absolute Gasteiger partial charge is 0.487 e. The summed E-state index contributed by atoms with van der Waals surface area (Å²) < 4.78 is 6.59. The number of hydrogen-bond donors (Lipinski definition) is 5. The number of aliphatic hydroxyl groups excluding tert-OH is 1. The average Bonchev–Trinajstić information content (AvgIpc) is 3.44. The van der Waals surface area contributed by atoms with E-state index in [-0.39, 0.29) is 17.6 Å². The molecular weight excluding hydrogens is 502 g/mol. The number of hydrogen-bond acceptors (Lipinski definition) is 7. The quantitative estimate of drug-likeness (QED) is 0.218. The van der Waals surface area contributed by atoms with E-state index in [0.29, 0.717) is 13.1 Å². The highest BCUT2D eigenvalue weighted by molar-refractivity contribution is 5.87. The van der Waals surface area contributed by atoms with E-state index in [0.717, 1.165) is 63.2 Å². The topological polar surface area (TPSA) is 97.9 Å². The molecule has 2 aromatic rings. The van der Waals surface area contributed by atoms with Gasteiger partial charge in [0.15, 0.2) is 0 Å². The van der Waals surface area contributed by atoms with Crippen LogP contribution in [0.25, 0.3) is 0 Å².